The van der Waals surface area contributed by atoms with Crippen LogP contribution in [0.5, 0.6) is 11.5 Å². The summed E-state index contributed by atoms with van der Waals surface area (Å²) in [6, 6.07) is 11.5. The number of aromatic carboxylic acids is 1. The van der Waals surface area contributed by atoms with E-state index in [4.69, 9.17) is 20.1 Å². The fourth-order valence-electron chi connectivity index (χ4n) is 2.38. The molecule has 0 radical (unpaired) electrons. The van der Waals surface area contributed by atoms with E-state index in [2.05, 4.69) is 13.8 Å². The van der Waals surface area contributed by atoms with Gasteiger partial charge in [-0.1, -0.05) is 33.1 Å². The highest BCUT2D eigenvalue weighted by molar-refractivity contribution is 5.89. The van der Waals surface area contributed by atoms with Crippen LogP contribution < -0.4 is 0 Å². The lowest BCUT2D eigenvalue weighted by Crippen LogP contribution is -2.13. The van der Waals surface area contributed by atoms with E-state index < -0.39 is 5.97 Å². The molecule has 0 saturated carbocycles. The molecule has 0 aliphatic carbocycles. The van der Waals surface area contributed by atoms with Gasteiger partial charge in [-0.05, 0) is 60.9 Å². The third kappa shape index (κ3) is 8.58. The lowest BCUT2D eigenvalue weighted by molar-refractivity contribution is 0.0428. The van der Waals surface area contributed by atoms with E-state index in [1.807, 2.05) is 0 Å². The quantitative estimate of drug-likeness (QED) is 0.558. The lowest BCUT2D eigenvalue weighted by Gasteiger charge is -2.14. The van der Waals surface area contributed by atoms with Crippen molar-refractivity contribution >= 4 is 11.9 Å². The molecule has 2 rings (SSSR count). The molecule has 0 aromatic heterocycles. The van der Waals surface area contributed by atoms with Crippen molar-refractivity contribution in [3.05, 3.63) is 59.7 Å². The van der Waals surface area contributed by atoms with E-state index >= 15 is 0 Å². The molecule has 0 spiro atoms. The minimum Gasteiger partial charge on any atom is -0.508 e. The van der Waals surface area contributed by atoms with Gasteiger partial charge in [0.25, 0.3) is 0 Å². The molecular formula is C22H28O6. The Hall–Kier alpha value is -3.02. The molecule has 2 aromatic rings. The number of carbonyl (C=O) groups is 2. The zero-order chi connectivity index (χ0) is 20.9. The number of phenolic OH excluding ortho intramolecular Hbond substituents is 2. The van der Waals surface area contributed by atoms with E-state index in [9.17, 15) is 9.59 Å². The number of benzene rings is 2. The summed E-state index contributed by atoms with van der Waals surface area (Å²) in [6.45, 7) is 4.76. The number of ether oxygens (including phenoxy) is 1. The maximum absolute atomic E-state index is 11.7. The highest BCUT2D eigenvalue weighted by Crippen LogP contribution is 2.15. The molecule has 6 nitrogen and oxygen atoms in total. The summed E-state index contributed by atoms with van der Waals surface area (Å²) in [5, 5.41) is 26.3. The predicted molar refractivity (Wildman–Crippen MR) is 107 cm³/mol. The molecule has 28 heavy (non-hydrogen) atoms. The van der Waals surface area contributed by atoms with Gasteiger partial charge in [-0.15, -0.1) is 0 Å². The van der Waals surface area contributed by atoms with E-state index in [0.717, 1.165) is 12.8 Å². The second-order valence-corrected chi connectivity index (χ2v) is 6.41. The number of hydrogen-bond donors (Lipinski definition) is 3. The van der Waals surface area contributed by atoms with Gasteiger partial charge in [0.2, 0.25) is 0 Å². The summed E-state index contributed by atoms with van der Waals surface area (Å²) < 4.78 is 5.30. The summed E-state index contributed by atoms with van der Waals surface area (Å²) in [7, 11) is 0. The summed E-state index contributed by atoms with van der Waals surface area (Å²) in [4.78, 5) is 22.0. The second kappa shape index (κ2) is 12.4. The van der Waals surface area contributed by atoms with Gasteiger partial charge in [0.15, 0.2) is 0 Å². The third-order valence-corrected chi connectivity index (χ3v) is 4.21. The molecule has 0 fully saturated rings. The van der Waals surface area contributed by atoms with Crippen molar-refractivity contribution in [2.24, 2.45) is 5.92 Å². The topological polar surface area (TPSA) is 104 Å². The normalized spacial score (nSPS) is 11.1. The molecule has 1 unspecified atom stereocenters. The minimum absolute atomic E-state index is 0.0741. The van der Waals surface area contributed by atoms with Crippen LogP contribution in [0.3, 0.4) is 0 Å². The Morgan fingerprint density at radius 1 is 0.893 bits per heavy atom. The van der Waals surface area contributed by atoms with E-state index in [0.29, 0.717) is 18.1 Å². The van der Waals surface area contributed by atoms with Crippen molar-refractivity contribution < 1.29 is 29.6 Å². The highest BCUT2D eigenvalue weighted by Gasteiger charge is 2.11. The van der Waals surface area contributed by atoms with Crippen molar-refractivity contribution in [2.75, 3.05) is 6.61 Å². The highest BCUT2D eigenvalue weighted by atomic mass is 16.5. The van der Waals surface area contributed by atoms with Crippen molar-refractivity contribution in [3.63, 3.8) is 0 Å². The van der Waals surface area contributed by atoms with Crippen LogP contribution in [0.1, 0.15) is 60.2 Å². The fourth-order valence-corrected chi connectivity index (χ4v) is 2.38. The van der Waals surface area contributed by atoms with Gasteiger partial charge in [-0.25, -0.2) is 9.59 Å². The summed E-state index contributed by atoms with van der Waals surface area (Å²) in [5.41, 5.74) is 0.663. The van der Waals surface area contributed by atoms with Crippen LogP contribution in [-0.4, -0.2) is 33.9 Å². The monoisotopic (exact) mass is 388 g/mol. The van der Waals surface area contributed by atoms with E-state index in [1.54, 1.807) is 12.1 Å². The third-order valence-electron chi connectivity index (χ3n) is 4.21. The first-order chi connectivity index (χ1) is 13.4. The van der Waals surface area contributed by atoms with Crippen molar-refractivity contribution in [2.45, 2.75) is 39.5 Å². The zero-order valence-electron chi connectivity index (χ0n) is 16.3. The summed E-state index contributed by atoms with van der Waals surface area (Å²) >= 11 is 0. The molecular weight excluding hydrogens is 360 g/mol. The predicted octanol–water partition coefficient (Wildman–Crippen LogP) is 4.86. The molecule has 6 heteroatoms. The van der Waals surface area contributed by atoms with Crippen LogP contribution in [0.2, 0.25) is 0 Å². The Labute approximate surface area is 165 Å². The SMILES string of the molecule is CCCCC(CC)COC(=O)c1ccc(O)cc1.O=C(O)c1ccc(O)cc1. The van der Waals surface area contributed by atoms with E-state index in [1.165, 1.54) is 49.2 Å². The van der Waals surface area contributed by atoms with Gasteiger partial charge in [0.1, 0.15) is 11.5 Å². The average Bonchev–Trinajstić information content (AvgIpc) is 2.69. The number of phenols is 2. The zero-order valence-corrected chi connectivity index (χ0v) is 16.3. The first-order valence-electron chi connectivity index (χ1n) is 9.35. The standard InChI is InChI=1S/C15H22O3.C7H6O3/c1-3-5-6-12(4-2)11-18-15(17)13-7-9-14(16)10-8-13;8-6-3-1-5(2-4-6)7(9)10/h7-10,12,16H,3-6,11H2,1-2H3;1-4,8H,(H,9,10). The number of carbonyl (C=O) groups excluding carboxylic acids is 1. The van der Waals surface area contributed by atoms with Crippen molar-refractivity contribution in [1.82, 2.24) is 0 Å². The van der Waals surface area contributed by atoms with Crippen LogP contribution in [0.15, 0.2) is 48.5 Å². The van der Waals surface area contributed by atoms with Gasteiger partial charge < -0.3 is 20.1 Å². The number of rotatable bonds is 8. The molecule has 0 amide bonds. The van der Waals surface area contributed by atoms with Gasteiger partial charge in [-0.3, -0.25) is 0 Å². The fraction of sp³-hybridized carbons (Fsp3) is 0.364. The Morgan fingerprint density at radius 3 is 1.82 bits per heavy atom. The maximum Gasteiger partial charge on any atom is 0.338 e. The number of esters is 1. The number of hydrogen-bond acceptors (Lipinski definition) is 5. The van der Waals surface area contributed by atoms with Crippen LogP contribution in [0.4, 0.5) is 0 Å². The lowest BCUT2D eigenvalue weighted by atomic mass is 10.0. The molecule has 0 aliphatic rings. The molecule has 152 valence electrons. The average molecular weight is 388 g/mol. The Kier molecular flexibility index (Phi) is 10.2. The molecule has 0 heterocycles. The molecule has 1 atom stereocenters. The molecule has 2 aromatic carbocycles. The van der Waals surface area contributed by atoms with Crippen molar-refractivity contribution in [3.8, 4) is 11.5 Å². The smallest absolute Gasteiger partial charge is 0.338 e. The van der Waals surface area contributed by atoms with Crippen LogP contribution in [0, 0.1) is 5.92 Å². The summed E-state index contributed by atoms with van der Waals surface area (Å²) in [6.07, 6.45) is 4.48. The Balaban J connectivity index is 0.000000330. The number of carboxylic acid groups (broad SMARTS) is 1. The van der Waals surface area contributed by atoms with E-state index in [-0.39, 0.29) is 23.0 Å². The number of unbranched alkanes of at least 4 members (excludes halogenated alkanes) is 1. The maximum atomic E-state index is 11.7. The largest absolute Gasteiger partial charge is 0.508 e. The van der Waals surface area contributed by atoms with Gasteiger partial charge >= 0.3 is 11.9 Å². The van der Waals surface area contributed by atoms with Gasteiger partial charge in [0, 0.05) is 0 Å². The number of carboxylic acids is 1. The second-order valence-electron chi connectivity index (χ2n) is 6.41. The Morgan fingerprint density at radius 2 is 1.39 bits per heavy atom. The first kappa shape index (κ1) is 23.0. The number of aromatic hydroxyl groups is 2. The van der Waals surface area contributed by atoms with Crippen LogP contribution in [-0.2, 0) is 4.74 Å². The molecule has 0 aliphatic heterocycles. The first-order valence-corrected chi connectivity index (χ1v) is 9.35. The minimum atomic E-state index is -0.986. The molecule has 3 N–H and O–H groups in total. The van der Waals surface area contributed by atoms with Crippen LogP contribution in [0.25, 0.3) is 0 Å². The van der Waals surface area contributed by atoms with Crippen molar-refractivity contribution in [1.29, 1.82) is 0 Å². The van der Waals surface area contributed by atoms with Crippen LogP contribution >= 0.6 is 0 Å². The molecule has 0 bridgehead atoms. The molecule has 0 saturated heterocycles. The summed E-state index contributed by atoms with van der Waals surface area (Å²) in [5.74, 6) is -0.623. The van der Waals surface area contributed by atoms with Gasteiger partial charge in [0.05, 0.1) is 17.7 Å². The van der Waals surface area contributed by atoms with Gasteiger partial charge in [-0.2, -0.15) is 0 Å². The Bertz CT molecular complexity index is 722.